The van der Waals surface area contributed by atoms with Gasteiger partial charge in [-0.2, -0.15) is 13.2 Å². The van der Waals surface area contributed by atoms with E-state index in [1.807, 2.05) is 11.8 Å². The Kier molecular flexibility index (Phi) is 3.27. The van der Waals surface area contributed by atoms with Crippen molar-refractivity contribution >= 4 is 5.69 Å². The number of hydrogen-bond acceptors (Lipinski definition) is 2. The van der Waals surface area contributed by atoms with E-state index in [0.29, 0.717) is 18.8 Å². The zero-order chi connectivity index (χ0) is 13.5. The van der Waals surface area contributed by atoms with Gasteiger partial charge in [-0.25, -0.2) is 0 Å². The van der Waals surface area contributed by atoms with Crippen molar-refractivity contribution in [1.29, 1.82) is 0 Å². The highest BCUT2D eigenvalue weighted by atomic mass is 19.4. The number of hydrogen-bond donors (Lipinski definition) is 1. The third-order valence-electron chi connectivity index (χ3n) is 3.48. The van der Waals surface area contributed by atoms with E-state index in [4.69, 9.17) is 0 Å². The monoisotopic (exact) mass is 259 g/mol. The van der Waals surface area contributed by atoms with E-state index < -0.39 is 23.8 Å². The summed E-state index contributed by atoms with van der Waals surface area (Å²) in [7, 11) is 0. The maximum Gasteiger partial charge on any atom is 0.416 e. The molecule has 2 nitrogen and oxygen atoms in total. The van der Waals surface area contributed by atoms with Crippen LogP contribution < -0.4 is 4.90 Å². The van der Waals surface area contributed by atoms with Crippen LogP contribution in [0.4, 0.5) is 18.9 Å². The number of rotatable bonds is 2. The van der Waals surface area contributed by atoms with Crippen molar-refractivity contribution in [3.63, 3.8) is 0 Å². The Morgan fingerprint density at radius 1 is 1.44 bits per heavy atom. The normalized spacial score (nSPS) is 21.0. The molecule has 1 heterocycles. The molecule has 0 aromatic heterocycles. The molecule has 1 aromatic carbocycles. The van der Waals surface area contributed by atoms with Gasteiger partial charge < -0.3 is 10.0 Å². The third kappa shape index (κ3) is 2.07. The minimum atomic E-state index is -4.37. The molecule has 0 saturated heterocycles. The van der Waals surface area contributed by atoms with Crippen molar-refractivity contribution in [2.24, 2.45) is 0 Å². The first-order valence-electron chi connectivity index (χ1n) is 5.99. The molecule has 0 radical (unpaired) electrons. The molecule has 2 rings (SSSR count). The van der Waals surface area contributed by atoms with Crippen molar-refractivity contribution in [3.8, 4) is 0 Å². The summed E-state index contributed by atoms with van der Waals surface area (Å²) in [6.45, 7) is 4.52. The van der Waals surface area contributed by atoms with Crippen LogP contribution in [-0.4, -0.2) is 24.3 Å². The Morgan fingerprint density at radius 2 is 2.11 bits per heavy atom. The number of aliphatic hydroxyl groups is 1. The molecular weight excluding hydrogens is 243 g/mol. The predicted molar refractivity (Wildman–Crippen MR) is 63.8 cm³/mol. The first-order chi connectivity index (χ1) is 8.36. The second-order valence-electron chi connectivity index (χ2n) is 4.62. The average Bonchev–Trinajstić information content (AvgIpc) is 2.66. The highest BCUT2D eigenvalue weighted by molar-refractivity contribution is 5.64. The summed E-state index contributed by atoms with van der Waals surface area (Å²) in [5.41, 5.74) is 0.210. The number of halogens is 3. The largest absolute Gasteiger partial charge is 0.416 e. The summed E-state index contributed by atoms with van der Waals surface area (Å²) in [5.74, 6) is -0.474. The number of benzene rings is 1. The van der Waals surface area contributed by atoms with Crippen molar-refractivity contribution in [2.45, 2.75) is 32.0 Å². The average molecular weight is 259 g/mol. The lowest BCUT2D eigenvalue weighted by atomic mass is 9.92. The van der Waals surface area contributed by atoms with Gasteiger partial charge in [0.15, 0.2) is 0 Å². The molecule has 18 heavy (non-hydrogen) atoms. The smallest absolute Gasteiger partial charge is 0.393 e. The van der Waals surface area contributed by atoms with E-state index in [1.54, 1.807) is 13.0 Å². The second-order valence-corrected chi connectivity index (χ2v) is 4.62. The standard InChI is InChI=1S/C13H16F3NO/c1-3-17-7-9(8(2)18)12-10(13(14,15)16)5-4-6-11(12)17/h4-6,8-9,18H,3,7H2,1-2H3. The van der Waals surface area contributed by atoms with Gasteiger partial charge in [0.1, 0.15) is 0 Å². The summed E-state index contributed by atoms with van der Waals surface area (Å²) in [6.07, 6.45) is -5.16. The van der Waals surface area contributed by atoms with Crippen molar-refractivity contribution in [3.05, 3.63) is 29.3 Å². The van der Waals surface area contributed by atoms with E-state index in [0.717, 1.165) is 6.07 Å². The molecule has 1 aliphatic heterocycles. The van der Waals surface area contributed by atoms with Gasteiger partial charge in [0.2, 0.25) is 0 Å². The Morgan fingerprint density at radius 3 is 2.61 bits per heavy atom. The molecule has 1 N–H and O–H groups in total. The summed E-state index contributed by atoms with van der Waals surface area (Å²) in [6, 6.07) is 4.21. The molecule has 2 atom stereocenters. The van der Waals surface area contributed by atoms with Gasteiger partial charge in [-0.3, -0.25) is 0 Å². The van der Waals surface area contributed by atoms with Crippen LogP contribution in [0.5, 0.6) is 0 Å². The van der Waals surface area contributed by atoms with E-state index in [1.165, 1.54) is 6.07 Å². The molecule has 2 unspecified atom stereocenters. The SMILES string of the molecule is CCN1CC(C(C)O)c2c1cccc2C(F)(F)F. The minimum absolute atomic E-state index is 0.238. The highest BCUT2D eigenvalue weighted by Crippen LogP contribution is 2.45. The Bertz CT molecular complexity index is 442. The Labute approximate surface area is 104 Å². The minimum Gasteiger partial charge on any atom is -0.393 e. The van der Waals surface area contributed by atoms with Crippen LogP contribution in [0.1, 0.15) is 30.9 Å². The fraction of sp³-hybridized carbons (Fsp3) is 0.538. The van der Waals surface area contributed by atoms with Crippen molar-refractivity contribution < 1.29 is 18.3 Å². The topological polar surface area (TPSA) is 23.5 Å². The van der Waals surface area contributed by atoms with Gasteiger partial charge in [-0.05, 0) is 31.5 Å². The third-order valence-corrected chi connectivity index (χ3v) is 3.48. The molecule has 100 valence electrons. The second kappa shape index (κ2) is 4.46. The van der Waals surface area contributed by atoms with Gasteiger partial charge in [-0.1, -0.05) is 6.07 Å². The van der Waals surface area contributed by atoms with E-state index in [-0.39, 0.29) is 5.56 Å². The first-order valence-corrected chi connectivity index (χ1v) is 5.99. The van der Waals surface area contributed by atoms with Gasteiger partial charge in [0.25, 0.3) is 0 Å². The van der Waals surface area contributed by atoms with E-state index in [9.17, 15) is 18.3 Å². The highest BCUT2D eigenvalue weighted by Gasteiger charge is 2.41. The van der Waals surface area contributed by atoms with Crippen LogP contribution in [-0.2, 0) is 6.18 Å². The number of nitrogens with zero attached hydrogens (tertiary/aromatic N) is 1. The zero-order valence-corrected chi connectivity index (χ0v) is 10.3. The predicted octanol–water partition coefficient (Wildman–Crippen LogP) is 3.01. The Balaban J connectivity index is 2.59. The lowest BCUT2D eigenvalue weighted by Crippen LogP contribution is -2.25. The molecule has 0 bridgehead atoms. The van der Waals surface area contributed by atoms with Gasteiger partial charge in [-0.15, -0.1) is 0 Å². The summed E-state index contributed by atoms with van der Waals surface area (Å²) in [5, 5.41) is 9.71. The lowest BCUT2D eigenvalue weighted by Gasteiger charge is -2.18. The fourth-order valence-electron chi connectivity index (χ4n) is 2.59. The molecule has 5 heteroatoms. The van der Waals surface area contributed by atoms with Gasteiger partial charge in [0.05, 0.1) is 11.7 Å². The van der Waals surface area contributed by atoms with E-state index >= 15 is 0 Å². The molecule has 0 spiro atoms. The number of alkyl halides is 3. The molecule has 1 aromatic rings. The lowest BCUT2D eigenvalue weighted by molar-refractivity contribution is -0.138. The van der Waals surface area contributed by atoms with Crippen LogP contribution in [0.15, 0.2) is 18.2 Å². The van der Waals surface area contributed by atoms with Crippen LogP contribution in [0.25, 0.3) is 0 Å². The summed E-state index contributed by atoms with van der Waals surface area (Å²) in [4.78, 5) is 1.88. The summed E-state index contributed by atoms with van der Waals surface area (Å²) < 4.78 is 39.0. The first kappa shape index (κ1) is 13.2. The molecular formula is C13H16F3NO. The Hall–Kier alpha value is -1.23. The molecule has 0 amide bonds. The quantitative estimate of drug-likeness (QED) is 0.882. The van der Waals surface area contributed by atoms with Crippen molar-refractivity contribution in [2.75, 3.05) is 18.0 Å². The zero-order valence-electron chi connectivity index (χ0n) is 10.3. The van der Waals surface area contributed by atoms with Gasteiger partial charge >= 0.3 is 6.18 Å². The number of fused-ring (bicyclic) bond motifs is 1. The van der Waals surface area contributed by atoms with Gasteiger partial charge in [0, 0.05) is 24.7 Å². The molecule has 1 aliphatic rings. The molecule has 0 fully saturated rings. The maximum atomic E-state index is 13.0. The van der Waals surface area contributed by atoms with Crippen LogP contribution in [0, 0.1) is 0 Å². The van der Waals surface area contributed by atoms with E-state index in [2.05, 4.69) is 0 Å². The fourth-order valence-corrected chi connectivity index (χ4v) is 2.59. The van der Waals surface area contributed by atoms with Crippen LogP contribution >= 0.6 is 0 Å². The molecule has 0 aliphatic carbocycles. The number of likely N-dealkylation sites (N-methyl/N-ethyl adjacent to an activating group) is 1. The van der Waals surface area contributed by atoms with Crippen LogP contribution in [0.3, 0.4) is 0 Å². The number of aliphatic hydroxyl groups excluding tert-OH is 1. The number of anilines is 1. The molecule has 0 saturated carbocycles. The van der Waals surface area contributed by atoms with Crippen LogP contribution in [0.2, 0.25) is 0 Å². The summed E-state index contributed by atoms with van der Waals surface area (Å²) >= 11 is 0. The maximum absolute atomic E-state index is 13.0. The van der Waals surface area contributed by atoms with Crippen molar-refractivity contribution in [1.82, 2.24) is 0 Å².